The van der Waals surface area contributed by atoms with E-state index in [9.17, 15) is 14.0 Å². The molecule has 1 aromatic carbocycles. The van der Waals surface area contributed by atoms with Crippen molar-refractivity contribution in [3.63, 3.8) is 0 Å². The highest BCUT2D eigenvalue weighted by atomic mass is 19.1. The third-order valence-electron chi connectivity index (χ3n) is 4.01. The van der Waals surface area contributed by atoms with Crippen LogP contribution in [0.5, 0.6) is 6.01 Å². The average molecular weight is 371 g/mol. The Morgan fingerprint density at radius 2 is 2.19 bits per heavy atom. The number of ether oxygens (including phenoxy) is 1. The Labute approximate surface area is 153 Å². The fraction of sp³-hybridized carbons (Fsp3) is 0.222. The number of anilines is 1. The van der Waals surface area contributed by atoms with E-state index in [-0.39, 0.29) is 28.5 Å². The Bertz CT molecular complexity index is 1080. The van der Waals surface area contributed by atoms with Gasteiger partial charge < -0.3 is 20.8 Å². The normalized spacial score (nSPS) is 10.8. The number of rotatable bonds is 5. The monoisotopic (exact) mass is 371 g/mol. The molecule has 0 atom stereocenters. The van der Waals surface area contributed by atoms with Crippen LogP contribution in [-0.4, -0.2) is 34.5 Å². The van der Waals surface area contributed by atoms with Crippen LogP contribution in [0.1, 0.15) is 23.7 Å². The number of methoxy groups -OCH3 is 1. The molecule has 0 bridgehead atoms. The second-order valence-corrected chi connectivity index (χ2v) is 5.78. The summed E-state index contributed by atoms with van der Waals surface area (Å²) in [6, 6.07) is 4.83. The van der Waals surface area contributed by atoms with Crippen LogP contribution in [-0.2, 0) is 0 Å². The molecule has 1 amide bonds. The van der Waals surface area contributed by atoms with Gasteiger partial charge in [-0.05, 0) is 6.42 Å². The van der Waals surface area contributed by atoms with E-state index >= 15 is 0 Å². The molecular weight excluding hydrogens is 353 g/mol. The molecule has 0 saturated heterocycles. The SMILES string of the molecule is CCCNC(=O)c1c(N)c2cccc(-c3nc(OC)ncc3F)c2[nH]c1=O. The van der Waals surface area contributed by atoms with Gasteiger partial charge in [-0.15, -0.1) is 0 Å². The number of hydrogen-bond donors (Lipinski definition) is 3. The first-order chi connectivity index (χ1) is 13.0. The van der Waals surface area contributed by atoms with Gasteiger partial charge in [0, 0.05) is 17.5 Å². The molecule has 0 unspecified atom stereocenters. The van der Waals surface area contributed by atoms with Crippen molar-refractivity contribution < 1.29 is 13.9 Å². The molecule has 4 N–H and O–H groups in total. The minimum atomic E-state index is -0.688. The molecule has 0 spiro atoms. The number of nitrogens with one attached hydrogen (secondary N) is 2. The van der Waals surface area contributed by atoms with Crippen molar-refractivity contribution >= 4 is 22.5 Å². The van der Waals surface area contributed by atoms with Gasteiger partial charge in [-0.2, -0.15) is 4.98 Å². The summed E-state index contributed by atoms with van der Waals surface area (Å²) in [6.07, 6.45) is 1.70. The van der Waals surface area contributed by atoms with E-state index in [1.807, 2.05) is 6.92 Å². The number of para-hydroxylation sites is 1. The van der Waals surface area contributed by atoms with E-state index in [4.69, 9.17) is 10.5 Å². The van der Waals surface area contributed by atoms with Gasteiger partial charge in [-0.25, -0.2) is 9.37 Å². The lowest BCUT2D eigenvalue weighted by atomic mass is 10.0. The third-order valence-corrected chi connectivity index (χ3v) is 4.01. The van der Waals surface area contributed by atoms with E-state index in [0.717, 1.165) is 12.6 Å². The van der Waals surface area contributed by atoms with E-state index in [2.05, 4.69) is 20.3 Å². The van der Waals surface area contributed by atoms with Crippen molar-refractivity contribution in [1.29, 1.82) is 0 Å². The van der Waals surface area contributed by atoms with E-state index in [1.165, 1.54) is 7.11 Å². The summed E-state index contributed by atoms with van der Waals surface area (Å²) < 4.78 is 19.2. The van der Waals surface area contributed by atoms with Gasteiger partial charge in [0.1, 0.15) is 11.3 Å². The highest BCUT2D eigenvalue weighted by Gasteiger charge is 2.20. The molecule has 140 valence electrons. The molecule has 0 radical (unpaired) electrons. The van der Waals surface area contributed by atoms with Gasteiger partial charge in [0.25, 0.3) is 11.5 Å². The molecule has 8 nitrogen and oxygen atoms in total. The fourth-order valence-corrected chi connectivity index (χ4v) is 2.73. The number of pyridine rings is 1. The van der Waals surface area contributed by atoms with Crippen molar-refractivity contribution in [3.05, 3.63) is 46.1 Å². The number of halogens is 1. The number of aromatic nitrogens is 3. The minimum absolute atomic E-state index is 0.0191. The molecule has 0 aliphatic carbocycles. The zero-order chi connectivity index (χ0) is 19.6. The summed E-state index contributed by atoms with van der Waals surface area (Å²) in [5.74, 6) is -1.25. The molecule has 3 aromatic rings. The summed E-state index contributed by atoms with van der Waals surface area (Å²) in [6.45, 7) is 2.31. The van der Waals surface area contributed by atoms with Crippen LogP contribution in [0.15, 0.2) is 29.2 Å². The lowest BCUT2D eigenvalue weighted by Gasteiger charge is -2.12. The predicted molar refractivity (Wildman–Crippen MR) is 99.1 cm³/mol. The van der Waals surface area contributed by atoms with Crippen molar-refractivity contribution in [2.75, 3.05) is 19.4 Å². The lowest BCUT2D eigenvalue weighted by molar-refractivity contribution is 0.0953. The Hall–Kier alpha value is -3.49. The first-order valence-corrected chi connectivity index (χ1v) is 8.27. The number of carbonyl (C=O) groups is 1. The number of hydrogen-bond acceptors (Lipinski definition) is 6. The summed E-state index contributed by atoms with van der Waals surface area (Å²) >= 11 is 0. The number of aromatic amines is 1. The maximum atomic E-state index is 14.3. The average Bonchev–Trinajstić information content (AvgIpc) is 2.66. The van der Waals surface area contributed by atoms with E-state index in [0.29, 0.717) is 17.5 Å². The van der Waals surface area contributed by atoms with Gasteiger partial charge >= 0.3 is 6.01 Å². The Morgan fingerprint density at radius 1 is 1.41 bits per heavy atom. The number of nitrogens with two attached hydrogens (primary N) is 1. The van der Waals surface area contributed by atoms with E-state index in [1.54, 1.807) is 18.2 Å². The Kier molecular flexibility index (Phi) is 5.02. The quantitative estimate of drug-likeness (QED) is 0.629. The zero-order valence-electron chi connectivity index (χ0n) is 14.8. The molecule has 2 heterocycles. The van der Waals surface area contributed by atoms with Crippen molar-refractivity contribution in [2.24, 2.45) is 0 Å². The highest BCUT2D eigenvalue weighted by Crippen LogP contribution is 2.31. The number of nitrogen functional groups attached to an aromatic ring is 1. The zero-order valence-corrected chi connectivity index (χ0v) is 14.8. The number of fused-ring (bicyclic) bond motifs is 1. The predicted octanol–water partition coefficient (Wildman–Crippen LogP) is 1.85. The van der Waals surface area contributed by atoms with Crippen LogP contribution in [0.4, 0.5) is 10.1 Å². The number of amides is 1. The van der Waals surface area contributed by atoms with Crippen molar-refractivity contribution in [2.45, 2.75) is 13.3 Å². The highest BCUT2D eigenvalue weighted by molar-refractivity contribution is 6.08. The van der Waals surface area contributed by atoms with Gasteiger partial charge in [0.2, 0.25) is 0 Å². The van der Waals surface area contributed by atoms with Gasteiger partial charge in [0.15, 0.2) is 5.82 Å². The molecule has 9 heteroatoms. The standard InChI is InChI=1S/C18H18FN5O3/c1-3-7-21-16(25)12-13(20)9-5-4-6-10(14(9)23-17(12)26)15-11(19)8-22-18(24-15)27-2/h4-6,8H,3,7H2,1-2H3,(H,21,25)(H3,20,23,26). The van der Waals surface area contributed by atoms with Crippen LogP contribution in [0.2, 0.25) is 0 Å². The van der Waals surface area contributed by atoms with E-state index < -0.39 is 17.3 Å². The largest absolute Gasteiger partial charge is 0.467 e. The molecule has 3 rings (SSSR count). The molecule has 27 heavy (non-hydrogen) atoms. The van der Waals surface area contributed by atoms with Crippen molar-refractivity contribution in [3.8, 4) is 17.3 Å². The number of carbonyl (C=O) groups excluding carboxylic acids is 1. The third kappa shape index (κ3) is 3.31. The smallest absolute Gasteiger partial charge is 0.316 e. The summed E-state index contributed by atoms with van der Waals surface area (Å²) in [5, 5.41) is 3.04. The number of H-pyrrole nitrogens is 1. The Balaban J connectivity index is 2.24. The van der Waals surface area contributed by atoms with Crippen LogP contribution in [0.25, 0.3) is 22.2 Å². The minimum Gasteiger partial charge on any atom is -0.467 e. The number of nitrogens with zero attached hydrogens (tertiary/aromatic N) is 2. The first kappa shape index (κ1) is 18.3. The summed E-state index contributed by atoms with van der Waals surface area (Å²) in [4.78, 5) is 35.1. The second kappa shape index (κ2) is 7.40. The van der Waals surface area contributed by atoms with Crippen molar-refractivity contribution in [1.82, 2.24) is 20.3 Å². The topological polar surface area (TPSA) is 123 Å². The Morgan fingerprint density at radius 3 is 2.89 bits per heavy atom. The van der Waals surface area contributed by atoms with Crippen LogP contribution >= 0.6 is 0 Å². The van der Waals surface area contributed by atoms with Crippen LogP contribution < -0.4 is 21.3 Å². The van der Waals surface area contributed by atoms with Crippen LogP contribution in [0.3, 0.4) is 0 Å². The second-order valence-electron chi connectivity index (χ2n) is 5.78. The van der Waals surface area contributed by atoms with Crippen LogP contribution in [0, 0.1) is 5.82 Å². The molecule has 0 fully saturated rings. The van der Waals surface area contributed by atoms with Gasteiger partial charge in [-0.3, -0.25) is 9.59 Å². The summed E-state index contributed by atoms with van der Waals surface area (Å²) in [5.41, 5.74) is 5.80. The number of benzene rings is 1. The fourth-order valence-electron chi connectivity index (χ4n) is 2.73. The summed E-state index contributed by atoms with van der Waals surface area (Å²) in [7, 11) is 1.36. The maximum absolute atomic E-state index is 14.3. The first-order valence-electron chi connectivity index (χ1n) is 8.27. The molecule has 0 aliphatic heterocycles. The molecule has 0 saturated carbocycles. The van der Waals surface area contributed by atoms with Gasteiger partial charge in [0.05, 0.1) is 24.5 Å². The maximum Gasteiger partial charge on any atom is 0.316 e. The van der Waals surface area contributed by atoms with Gasteiger partial charge in [-0.1, -0.05) is 25.1 Å². The molecule has 0 aliphatic rings. The molecular formula is C18H18FN5O3. The molecule has 2 aromatic heterocycles. The lowest BCUT2D eigenvalue weighted by Crippen LogP contribution is -2.31.